The summed E-state index contributed by atoms with van der Waals surface area (Å²) >= 11 is 17.5. The van der Waals surface area contributed by atoms with Gasteiger partial charge in [0.2, 0.25) is 4.77 Å². The summed E-state index contributed by atoms with van der Waals surface area (Å²) in [6, 6.07) is 10.7. The number of nitrogens with one attached hydrogen (secondary N) is 1. The molecule has 0 amide bonds. The highest BCUT2D eigenvalue weighted by atomic mass is 35.5. The molecule has 0 saturated heterocycles. The van der Waals surface area contributed by atoms with Gasteiger partial charge >= 0.3 is 0 Å². The van der Waals surface area contributed by atoms with Crippen molar-refractivity contribution in [1.82, 2.24) is 14.9 Å². The van der Waals surface area contributed by atoms with Gasteiger partial charge in [-0.3, -0.25) is 0 Å². The highest BCUT2D eigenvalue weighted by Gasteiger charge is 2.12. The number of benzene rings is 2. The second-order valence-corrected chi connectivity index (χ2v) is 6.29. The van der Waals surface area contributed by atoms with Gasteiger partial charge in [0.1, 0.15) is 0 Å². The standard InChI is InChI=1S/C17H14Cl2N4O2S/c1-24-13-7-6-10(8-14(13)25-2)16-21-22-17(26)23(16)20-9-11-4-3-5-12(18)15(11)19/h3-9H,1-2H3,(H,22,26)/b20-9+. The van der Waals surface area contributed by atoms with Crippen LogP contribution in [0.1, 0.15) is 5.56 Å². The van der Waals surface area contributed by atoms with Gasteiger partial charge in [-0.05, 0) is 36.5 Å². The number of methoxy groups -OCH3 is 2. The van der Waals surface area contributed by atoms with E-state index in [9.17, 15) is 0 Å². The van der Waals surface area contributed by atoms with Crippen molar-refractivity contribution in [3.8, 4) is 22.9 Å². The summed E-state index contributed by atoms with van der Waals surface area (Å²) < 4.78 is 12.4. The minimum atomic E-state index is 0.337. The van der Waals surface area contributed by atoms with E-state index in [1.165, 1.54) is 4.68 Å². The molecule has 0 spiro atoms. The van der Waals surface area contributed by atoms with Gasteiger partial charge in [0, 0.05) is 11.1 Å². The highest BCUT2D eigenvalue weighted by molar-refractivity contribution is 7.71. The first-order valence-electron chi connectivity index (χ1n) is 7.43. The van der Waals surface area contributed by atoms with E-state index in [1.54, 1.807) is 50.8 Å². The third-order valence-corrected chi connectivity index (χ3v) is 4.68. The number of ether oxygens (including phenoxy) is 2. The Hall–Kier alpha value is -2.35. The molecule has 1 N–H and O–H groups in total. The summed E-state index contributed by atoms with van der Waals surface area (Å²) in [5.41, 5.74) is 1.42. The van der Waals surface area contributed by atoms with Crippen molar-refractivity contribution in [2.45, 2.75) is 0 Å². The predicted octanol–water partition coefficient (Wildman–Crippen LogP) is 4.81. The van der Waals surface area contributed by atoms with Crippen LogP contribution in [0.2, 0.25) is 10.0 Å². The van der Waals surface area contributed by atoms with Gasteiger partial charge < -0.3 is 9.47 Å². The van der Waals surface area contributed by atoms with Crippen molar-refractivity contribution in [2.24, 2.45) is 5.10 Å². The van der Waals surface area contributed by atoms with Gasteiger partial charge in [0.05, 0.1) is 30.5 Å². The lowest BCUT2D eigenvalue weighted by Crippen LogP contribution is -1.97. The van der Waals surface area contributed by atoms with E-state index in [-0.39, 0.29) is 0 Å². The average Bonchev–Trinajstić information content (AvgIpc) is 3.03. The molecule has 3 aromatic rings. The summed E-state index contributed by atoms with van der Waals surface area (Å²) in [6.07, 6.45) is 1.57. The first kappa shape index (κ1) is 18.4. The Bertz CT molecular complexity index is 1030. The van der Waals surface area contributed by atoms with Crippen molar-refractivity contribution in [3.05, 3.63) is 56.8 Å². The Balaban J connectivity index is 2.04. The average molecular weight is 409 g/mol. The Morgan fingerprint density at radius 2 is 1.92 bits per heavy atom. The minimum absolute atomic E-state index is 0.337. The van der Waals surface area contributed by atoms with Crippen LogP contribution in [0.5, 0.6) is 11.5 Å². The van der Waals surface area contributed by atoms with Crippen LogP contribution in [0.4, 0.5) is 0 Å². The number of hydrogen-bond acceptors (Lipinski definition) is 5. The molecular formula is C17H14Cl2N4O2S. The molecule has 0 unspecified atom stereocenters. The lowest BCUT2D eigenvalue weighted by molar-refractivity contribution is 0.355. The molecule has 0 fully saturated rings. The molecule has 0 aliphatic rings. The monoisotopic (exact) mass is 408 g/mol. The third-order valence-electron chi connectivity index (χ3n) is 3.59. The molecule has 0 atom stereocenters. The number of halogens is 2. The van der Waals surface area contributed by atoms with Gasteiger partial charge in [-0.15, -0.1) is 0 Å². The van der Waals surface area contributed by atoms with E-state index in [0.717, 1.165) is 5.56 Å². The molecule has 1 heterocycles. The number of rotatable bonds is 5. The zero-order valence-electron chi connectivity index (χ0n) is 13.9. The number of hydrogen-bond donors (Lipinski definition) is 1. The van der Waals surface area contributed by atoms with E-state index < -0.39 is 0 Å². The molecular weight excluding hydrogens is 395 g/mol. The third kappa shape index (κ3) is 3.60. The van der Waals surface area contributed by atoms with Gasteiger partial charge in [-0.2, -0.15) is 14.9 Å². The molecule has 26 heavy (non-hydrogen) atoms. The van der Waals surface area contributed by atoms with E-state index in [4.69, 9.17) is 44.9 Å². The molecule has 0 aliphatic heterocycles. The van der Waals surface area contributed by atoms with Crippen molar-refractivity contribution < 1.29 is 9.47 Å². The molecule has 9 heteroatoms. The molecule has 0 bridgehead atoms. The van der Waals surface area contributed by atoms with Gasteiger partial charge in [0.25, 0.3) is 0 Å². The lowest BCUT2D eigenvalue weighted by atomic mass is 10.2. The molecule has 134 valence electrons. The number of H-pyrrole nitrogens is 1. The fourth-order valence-electron chi connectivity index (χ4n) is 2.30. The summed E-state index contributed by atoms with van der Waals surface area (Å²) in [4.78, 5) is 0. The van der Waals surface area contributed by atoms with E-state index in [0.29, 0.717) is 37.7 Å². The Morgan fingerprint density at radius 1 is 1.15 bits per heavy atom. The number of aromatic amines is 1. The quantitative estimate of drug-likeness (QED) is 0.485. The molecule has 0 aliphatic carbocycles. The summed E-state index contributed by atoms with van der Waals surface area (Å²) in [5, 5.41) is 12.2. The fourth-order valence-corrected chi connectivity index (χ4v) is 2.84. The van der Waals surface area contributed by atoms with E-state index in [2.05, 4.69) is 15.3 Å². The van der Waals surface area contributed by atoms with E-state index >= 15 is 0 Å². The number of aromatic nitrogens is 3. The van der Waals surface area contributed by atoms with Crippen LogP contribution in [0.25, 0.3) is 11.4 Å². The van der Waals surface area contributed by atoms with Crippen LogP contribution < -0.4 is 9.47 Å². The molecule has 1 aromatic heterocycles. The van der Waals surface area contributed by atoms with Gasteiger partial charge in [0.15, 0.2) is 17.3 Å². The molecule has 2 aromatic carbocycles. The van der Waals surface area contributed by atoms with Crippen LogP contribution >= 0.6 is 35.4 Å². The maximum Gasteiger partial charge on any atom is 0.216 e. The first-order chi connectivity index (χ1) is 12.5. The predicted molar refractivity (Wildman–Crippen MR) is 105 cm³/mol. The maximum atomic E-state index is 6.19. The molecule has 3 rings (SSSR count). The van der Waals surface area contributed by atoms with Crippen molar-refractivity contribution in [2.75, 3.05) is 14.2 Å². The summed E-state index contributed by atoms with van der Waals surface area (Å²) in [6.45, 7) is 0. The Morgan fingerprint density at radius 3 is 2.65 bits per heavy atom. The maximum absolute atomic E-state index is 6.19. The summed E-state index contributed by atoms with van der Waals surface area (Å²) in [5.74, 6) is 1.71. The second kappa shape index (κ2) is 7.90. The Kier molecular flexibility index (Phi) is 5.61. The summed E-state index contributed by atoms with van der Waals surface area (Å²) in [7, 11) is 3.14. The first-order valence-corrected chi connectivity index (χ1v) is 8.59. The van der Waals surface area contributed by atoms with Crippen LogP contribution in [-0.4, -0.2) is 35.3 Å². The smallest absolute Gasteiger partial charge is 0.216 e. The SMILES string of the molecule is COc1ccc(-c2n[nH]c(=S)n2/N=C/c2cccc(Cl)c2Cl)cc1OC. The largest absolute Gasteiger partial charge is 0.493 e. The lowest BCUT2D eigenvalue weighted by Gasteiger charge is -2.09. The van der Waals surface area contributed by atoms with Crippen molar-refractivity contribution >= 4 is 41.6 Å². The zero-order chi connectivity index (χ0) is 18.7. The molecule has 6 nitrogen and oxygen atoms in total. The number of nitrogens with zero attached hydrogens (tertiary/aromatic N) is 3. The van der Waals surface area contributed by atoms with Gasteiger partial charge in [-0.25, -0.2) is 5.10 Å². The van der Waals surface area contributed by atoms with Gasteiger partial charge in [-0.1, -0.05) is 35.3 Å². The molecule has 0 radical (unpaired) electrons. The Labute approximate surface area is 165 Å². The van der Waals surface area contributed by atoms with Crippen molar-refractivity contribution in [3.63, 3.8) is 0 Å². The minimum Gasteiger partial charge on any atom is -0.493 e. The van der Waals surface area contributed by atoms with Crippen LogP contribution in [0, 0.1) is 4.77 Å². The fraction of sp³-hybridized carbons (Fsp3) is 0.118. The van der Waals surface area contributed by atoms with Crippen molar-refractivity contribution in [1.29, 1.82) is 0 Å². The second-order valence-electron chi connectivity index (χ2n) is 5.12. The topological polar surface area (TPSA) is 64.4 Å². The van der Waals surface area contributed by atoms with Crippen LogP contribution in [-0.2, 0) is 0 Å². The van der Waals surface area contributed by atoms with Crippen LogP contribution in [0.15, 0.2) is 41.5 Å². The highest BCUT2D eigenvalue weighted by Crippen LogP contribution is 2.31. The normalized spacial score (nSPS) is 11.1. The zero-order valence-corrected chi connectivity index (χ0v) is 16.2. The van der Waals surface area contributed by atoms with E-state index in [1.807, 2.05) is 6.07 Å². The molecule has 0 saturated carbocycles. The van der Waals surface area contributed by atoms with Crippen LogP contribution in [0.3, 0.4) is 0 Å².